The van der Waals surface area contributed by atoms with Crippen molar-refractivity contribution in [3.8, 4) is 17.0 Å². The Balaban J connectivity index is 2.05. The molecule has 3 rings (SSSR count). The van der Waals surface area contributed by atoms with Crippen molar-refractivity contribution in [2.24, 2.45) is 0 Å². The molecular weight excluding hydrogens is 385 g/mol. The molecule has 0 saturated carbocycles. The van der Waals surface area contributed by atoms with Crippen molar-refractivity contribution in [3.05, 3.63) is 67.0 Å². The summed E-state index contributed by atoms with van der Waals surface area (Å²) in [6, 6.07) is 13.7. The Kier molecular flexibility index (Phi) is 6.70. The lowest BCUT2D eigenvalue weighted by Crippen LogP contribution is -2.23. The highest BCUT2D eigenvalue weighted by molar-refractivity contribution is 6.00. The van der Waals surface area contributed by atoms with E-state index in [1.165, 1.54) is 18.2 Å². The number of para-hydroxylation sites is 1. The van der Waals surface area contributed by atoms with Crippen molar-refractivity contribution >= 4 is 16.9 Å². The Labute approximate surface area is 175 Å². The number of fused-ring (bicyclic) bond motifs is 1. The molecule has 2 atom stereocenters. The number of carbonyl (C=O) groups is 1. The lowest BCUT2D eigenvalue weighted by Gasteiger charge is -2.17. The highest BCUT2D eigenvalue weighted by atomic mass is 19.1. The molecule has 0 aliphatic rings. The first kappa shape index (κ1) is 21.7. The van der Waals surface area contributed by atoms with E-state index in [4.69, 9.17) is 4.74 Å². The van der Waals surface area contributed by atoms with Gasteiger partial charge in [0.15, 0.2) is 0 Å². The summed E-state index contributed by atoms with van der Waals surface area (Å²) in [5.41, 5.74) is 2.29. The van der Waals surface area contributed by atoms with Gasteiger partial charge in [-0.15, -0.1) is 6.58 Å². The smallest absolute Gasteiger partial charge is 0.315 e. The molecule has 5 nitrogen and oxygen atoms in total. The number of benzene rings is 2. The van der Waals surface area contributed by atoms with Crippen molar-refractivity contribution in [1.29, 1.82) is 0 Å². The van der Waals surface area contributed by atoms with E-state index >= 15 is 0 Å². The summed E-state index contributed by atoms with van der Waals surface area (Å²) in [7, 11) is 0. The summed E-state index contributed by atoms with van der Waals surface area (Å²) in [5, 5.41) is 20.5. The van der Waals surface area contributed by atoms with Crippen molar-refractivity contribution in [2.75, 3.05) is 0 Å². The zero-order valence-electron chi connectivity index (χ0n) is 17.1. The second-order valence-corrected chi connectivity index (χ2v) is 7.54. The molecular formula is C24H26FNO4. The maximum atomic E-state index is 13.5. The molecule has 0 fully saturated rings. The quantitative estimate of drug-likeness (QED) is 0.419. The average molecular weight is 411 g/mol. The van der Waals surface area contributed by atoms with Crippen LogP contribution in [0.4, 0.5) is 4.39 Å². The zero-order chi connectivity index (χ0) is 21.8. The minimum Gasteiger partial charge on any atom is -0.408 e. The Bertz CT molecular complexity index is 1040. The molecule has 30 heavy (non-hydrogen) atoms. The van der Waals surface area contributed by atoms with Crippen LogP contribution in [0, 0.1) is 5.82 Å². The van der Waals surface area contributed by atoms with Gasteiger partial charge in [-0.1, -0.05) is 36.4 Å². The minimum absolute atomic E-state index is 0.00339. The predicted molar refractivity (Wildman–Crippen MR) is 115 cm³/mol. The summed E-state index contributed by atoms with van der Waals surface area (Å²) >= 11 is 0. The summed E-state index contributed by atoms with van der Waals surface area (Å²) in [4.78, 5) is 12.6. The number of nitrogens with zero attached hydrogens (tertiary/aromatic N) is 1. The SMILES string of the molecule is C=C[C@H](O)CC(O)CC(=O)Oc1c(-c2ccc(F)cc2)c2ccccc2n1C(C)C. The van der Waals surface area contributed by atoms with Crippen LogP contribution in [-0.2, 0) is 4.79 Å². The molecule has 6 heteroatoms. The standard InChI is InChI=1S/C24H26FNO4/c1-4-18(27)13-19(28)14-22(29)30-24-23(16-9-11-17(25)12-10-16)20-7-5-6-8-21(20)26(24)15(2)3/h4-12,15,18-19,27-28H,1,13-14H2,2-3H3/t18-,19?/m0/s1. The number of esters is 1. The molecule has 3 aromatic rings. The van der Waals surface area contributed by atoms with Crippen LogP contribution in [0.5, 0.6) is 5.88 Å². The number of ether oxygens (including phenoxy) is 1. The van der Waals surface area contributed by atoms with Crippen LogP contribution in [0.15, 0.2) is 61.2 Å². The van der Waals surface area contributed by atoms with E-state index in [2.05, 4.69) is 6.58 Å². The number of hydrogen-bond donors (Lipinski definition) is 2. The molecule has 2 aromatic carbocycles. The van der Waals surface area contributed by atoms with E-state index < -0.39 is 18.2 Å². The number of aliphatic hydroxyl groups excluding tert-OH is 2. The van der Waals surface area contributed by atoms with E-state index in [0.717, 1.165) is 16.5 Å². The maximum Gasteiger partial charge on any atom is 0.315 e. The van der Waals surface area contributed by atoms with E-state index in [1.54, 1.807) is 12.1 Å². The van der Waals surface area contributed by atoms with Crippen LogP contribution in [0.25, 0.3) is 22.0 Å². The van der Waals surface area contributed by atoms with E-state index in [1.807, 2.05) is 42.7 Å². The van der Waals surface area contributed by atoms with Gasteiger partial charge in [-0.05, 0) is 37.6 Å². The molecule has 0 saturated heterocycles. The van der Waals surface area contributed by atoms with Gasteiger partial charge in [-0.3, -0.25) is 4.79 Å². The van der Waals surface area contributed by atoms with Gasteiger partial charge in [0.05, 0.1) is 29.7 Å². The molecule has 1 unspecified atom stereocenters. The molecule has 0 aliphatic heterocycles. The Morgan fingerprint density at radius 3 is 2.47 bits per heavy atom. The van der Waals surface area contributed by atoms with Crippen molar-refractivity contribution < 1.29 is 24.1 Å². The van der Waals surface area contributed by atoms with Gasteiger partial charge in [0.1, 0.15) is 5.82 Å². The highest BCUT2D eigenvalue weighted by Crippen LogP contribution is 2.42. The van der Waals surface area contributed by atoms with Crippen LogP contribution >= 0.6 is 0 Å². The molecule has 158 valence electrons. The third kappa shape index (κ3) is 4.61. The van der Waals surface area contributed by atoms with Crippen molar-refractivity contribution in [1.82, 2.24) is 4.57 Å². The number of aromatic nitrogens is 1. The van der Waals surface area contributed by atoms with E-state index in [0.29, 0.717) is 11.4 Å². The molecule has 0 aliphatic carbocycles. The number of hydrogen-bond acceptors (Lipinski definition) is 4. The summed E-state index contributed by atoms with van der Waals surface area (Å²) in [6.07, 6.45) is -0.928. The van der Waals surface area contributed by atoms with Crippen LogP contribution < -0.4 is 4.74 Å². The van der Waals surface area contributed by atoms with Crippen LogP contribution in [0.1, 0.15) is 32.7 Å². The van der Waals surface area contributed by atoms with Crippen LogP contribution in [0.3, 0.4) is 0 Å². The molecule has 0 amide bonds. The summed E-state index contributed by atoms with van der Waals surface area (Å²) < 4.78 is 21.2. The van der Waals surface area contributed by atoms with Crippen molar-refractivity contribution in [3.63, 3.8) is 0 Å². The Hall–Kier alpha value is -2.96. The van der Waals surface area contributed by atoms with Gasteiger partial charge in [-0.2, -0.15) is 0 Å². The van der Waals surface area contributed by atoms with E-state index in [9.17, 15) is 19.4 Å². The number of carbonyl (C=O) groups excluding carboxylic acids is 1. The average Bonchev–Trinajstić information content (AvgIpc) is 3.02. The van der Waals surface area contributed by atoms with Gasteiger partial charge in [0.25, 0.3) is 0 Å². The lowest BCUT2D eigenvalue weighted by molar-refractivity contribution is -0.137. The van der Waals surface area contributed by atoms with Gasteiger partial charge in [-0.25, -0.2) is 4.39 Å². The van der Waals surface area contributed by atoms with Gasteiger partial charge in [0, 0.05) is 17.8 Å². The largest absolute Gasteiger partial charge is 0.408 e. The third-order valence-electron chi connectivity index (χ3n) is 4.91. The molecule has 2 N–H and O–H groups in total. The van der Waals surface area contributed by atoms with Gasteiger partial charge < -0.3 is 19.5 Å². The predicted octanol–water partition coefficient (Wildman–Crippen LogP) is 4.62. The van der Waals surface area contributed by atoms with Crippen LogP contribution in [0.2, 0.25) is 0 Å². The minimum atomic E-state index is -1.06. The normalized spacial score (nSPS) is 13.4. The van der Waals surface area contributed by atoms with Gasteiger partial charge in [0.2, 0.25) is 5.88 Å². The molecule has 0 radical (unpaired) electrons. The lowest BCUT2D eigenvalue weighted by atomic mass is 10.0. The fraction of sp³-hybridized carbons (Fsp3) is 0.292. The summed E-state index contributed by atoms with van der Waals surface area (Å²) in [5.74, 6) is -0.625. The van der Waals surface area contributed by atoms with E-state index in [-0.39, 0.29) is 24.7 Å². The topological polar surface area (TPSA) is 71.7 Å². The third-order valence-corrected chi connectivity index (χ3v) is 4.91. The maximum absolute atomic E-state index is 13.5. The molecule has 0 bridgehead atoms. The first-order valence-corrected chi connectivity index (χ1v) is 9.90. The first-order valence-electron chi connectivity index (χ1n) is 9.90. The number of rotatable bonds is 8. The summed E-state index contributed by atoms with van der Waals surface area (Å²) in [6.45, 7) is 7.42. The molecule has 1 heterocycles. The second-order valence-electron chi connectivity index (χ2n) is 7.54. The van der Waals surface area contributed by atoms with Crippen molar-refractivity contribution in [2.45, 2.75) is 44.9 Å². The second kappa shape index (κ2) is 9.24. The fourth-order valence-corrected chi connectivity index (χ4v) is 3.55. The monoisotopic (exact) mass is 411 g/mol. The fourth-order valence-electron chi connectivity index (χ4n) is 3.55. The molecule has 1 aromatic heterocycles. The zero-order valence-corrected chi connectivity index (χ0v) is 17.1. The highest BCUT2D eigenvalue weighted by Gasteiger charge is 2.25. The number of aliphatic hydroxyl groups is 2. The molecule has 0 spiro atoms. The number of halogens is 1. The Morgan fingerprint density at radius 1 is 1.17 bits per heavy atom. The first-order chi connectivity index (χ1) is 14.3. The Morgan fingerprint density at radius 2 is 1.83 bits per heavy atom. The van der Waals surface area contributed by atoms with Gasteiger partial charge >= 0.3 is 5.97 Å². The van der Waals surface area contributed by atoms with Crippen LogP contribution in [-0.4, -0.2) is 33.0 Å².